The number of halogens is 3. The molecule has 1 aromatic carbocycles. The van der Waals surface area contributed by atoms with Gasteiger partial charge in [-0.25, -0.2) is 4.98 Å². The maximum atomic E-state index is 12.7. The van der Waals surface area contributed by atoms with Crippen molar-refractivity contribution in [3.05, 3.63) is 35.5 Å². The summed E-state index contributed by atoms with van der Waals surface area (Å²) >= 11 is 0. The SMILES string of the molecule is Cc1nc(N)nc(N)c1-c1cccc(C(F)(F)F)c1. The minimum absolute atomic E-state index is 0.00859. The predicted molar refractivity (Wildman–Crippen MR) is 66.0 cm³/mol. The average molecular weight is 268 g/mol. The number of anilines is 2. The van der Waals surface area contributed by atoms with Gasteiger partial charge in [-0.1, -0.05) is 12.1 Å². The monoisotopic (exact) mass is 268 g/mol. The summed E-state index contributed by atoms with van der Waals surface area (Å²) < 4.78 is 38.0. The van der Waals surface area contributed by atoms with E-state index in [1.54, 1.807) is 6.92 Å². The Bertz CT molecular complexity index is 600. The third kappa shape index (κ3) is 2.59. The summed E-state index contributed by atoms with van der Waals surface area (Å²) in [6, 6.07) is 4.84. The lowest BCUT2D eigenvalue weighted by molar-refractivity contribution is -0.137. The van der Waals surface area contributed by atoms with Crippen molar-refractivity contribution in [2.75, 3.05) is 11.5 Å². The zero-order chi connectivity index (χ0) is 14.2. The van der Waals surface area contributed by atoms with E-state index in [1.807, 2.05) is 0 Å². The summed E-state index contributed by atoms with van der Waals surface area (Å²) in [5.41, 5.74) is 11.5. The number of rotatable bonds is 1. The topological polar surface area (TPSA) is 77.8 Å². The molecule has 0 atom stereocenters. The zero-order valence-electron chi connectivity index (χ0n) is 9.99. The molecule has 19 heavy (non-hydrogen) atoms. The maximum absolute atomic E-state index is 12.7. The van der Waals surface area contributed by atoms with E-state index in [2.05, 4.69) is 9.97 Å². The molecule has 0 saturated carbocycles. The average Bonchev–Trinajstić information content (AvgIpc) is 2.26. The summed E-state index contributed by atoms with van der Waals surface area (Å²) in [5, 5.41) is 0. The molecule has 0 bridgehead atoms. The van der Waals surface area contributed by atoms with Crippen LogP contribution in [0.3, 0.4) is 0 Å². The molecule has 4 nitrogen and oxygen atoms in total. The Morgan fingerprint density at radius 1 is 1.11 bits per heavy atom. The summed E-state index contributed by atoms with van der Waals surface area (Å²) in [7, 11) is 0. The summed E-state index contributed by atoms with van der Waals surface area (Å²) in [6.45, 7) is 1.62. The highest BCUT2D eigenvalue weighted by molar-refractivity contribution is 5.76. The summed E-state index contributed by atoms with van der Waals surface area (Å²) in [4.78, 5) is 7.67. The molecule has 0 aliphatic rings. The van der Waals surface area contributed by atoms with E-state index in [4.69, 9.17) is 11.5 Å². The van der Waals surface area contributed by atoms with Gasteiger partial charge in [0.05, 0.1) is 11.3 Å². The van der Waals surface area contributed by atoms with Gasteiger partial charge in [-0.3, -0.25) is 0 Å². The highest BCUT2D eigenvalue weighted by Gasteiger charge is 2.30. The lowest BCUT2D eigenvalue weighted by Crippen LogP contribution is -2.07. The molecule has 0 aliphatic carbocycles. The van der Waals surface area contributed by atoms with Gasteiger partial charge in [0.25, 0.3) is 0 Å². The van der Waals surface area contributed by atoms with E-state index in [0.717, 1.165) is 12.1 Å². The van der Waals surface area contributed by atoms with Crippen molar-refractivity contribution in [1.29, 1.82) is 0 Å². The van der Waals surface area contributed by atoms with Crippen molar-refractivity contribution in [3.63, 3.8) is 0 Å². The highest BCUT2D eigenvalue weighted by atomic mass is 19.4. The molecule has 0 fully saturated rings. The molecule has 0 amide bonds. The van der Waals surface area contributed by atoms with Crippen LogP contribution in [0.15, 0.2) is 24.3 Å². The molecule has 1 aromatic heterocycles. The van der Waals surface area contributed by atoms with Gasteiger partial charge in [-0.2, -0.15) is 18.2 Å². The number of hydrogen-bond donors (Lipinski definition) is 2. The molecule has 0 spiro atoms. The van der Waals surface area contributed by atoms with Crippen molar-refractivity contribution in [2.24, 2.45) is 0 Å². The summed E-state index contributed by atoms with van der Waals surface area (Å²) in [5.74, 6) is 0.0510. The van der Waals surface area contributed by atoms with Crippen molar-refractivity contribution in [3.8, 4) is 11.1 Å². The van der Waals surface area contributed by atoms with E-state index < -0.39 is 11.7 Å². The van der Waals surface area contributed by atoms with Gasteiger partial charge in [0.15, 0.2) is 0 Å². The number of nitrogens with zero attached hydrogens (tertiary/aromatic N) is 2. The Balaban J connectivity index is 2.60. The number of alkyl halides is 3. The standard InChI is InChI=1S/C12H11F3N4/c1-6-9(10(16)19-11(17)18-6)7-3-2-4-8(5-7)12(13,14)15/h2-5H,1H3,(H4,16,17,18,19). The van der Waals surface area contributed by atoms with Crippen molar-refractivity contribution < 1.29 is 13.2 Å². The zero-order valence-corrected chi connectivity index (χ0v) is 9.99. The fourth-order valence-corrected chi connectivity index (χ4v) is 1.83. The van der Waals surface area contributed by atoms with Gasteiger partial charge in [-0.15, -0.1) is 0 Å². The maximum Gasteiger partial charge on any atom is 0.416 e. The lowest BCUT2D eigenvalue weighted by atomic mass is 10.0. The first-order valence-corrected chi connectivity index (χ1v) is 5.36. The predicted octanol–water partition coefficient (Wildman–Crippen LogP) is 2.64. The van der Waals surface area contributed by atoms with Crippen LogP contribution in [-0.2, 0) is 6.18 Å². The van der Waals surface area contributed by atoms with Crippen LogP contribution >= 0.6 is 0 Å². The third-order valence-corrected chi connectivity index (χ3v) is 2.61. The number of aromatic nitrogens is 2. The molecule has 0 saturated heterocycles. The van der Waals surface area contributed by atoms with Gasteiger partial charge < -0.3 is 11.5 Å². The van der Waals surface area contributed by atoms with E-state index in [-0.39, 0.29) is 11.8 Å². The molecular formula is C12H11F3N4. The molecule has 100 valence electrons. The Morgan fingerprint density at radius 2 is 1.79 bits per heavy atom. The van der Waals surface area contributed by atoms with Crippen LogP contribution in [0.25, 0.3) is 11.1 Å². The normalized spacial score (nSPS) is 11.6. The first kappa shape index (κ1) is 13.1. The molecule has 7 heteroatoms. The molecular weight excluding hydrogens is 257 g/mol. The molecule has 0 radical (unpaired) electrons. The number of nitrogen functional groups attached to an aromatic ring is 2. The highest BCUT2D eigenvalue weighted by Crippen LogP contribution is 2.34. The van der Waals surface area contributed by atoms with Crippen LogP contribution < -0.4 is 11.5 Å². The van der Waals surface area contributed by atoms with Crippen LogP contribution in [0, 0.1) is 6.92 Å². The van der Waals surface area contributed by atoms with Crippen LogP contribution in [0.4, 0.5) is 24.9 Å². The second-order valence-corrected chi connectivity index (χ2v) is 4.01. The van der Waals surface area contributed by atoms with Gasteiger partial charge in [0, 0.05) is 5.56 Å². The minimum atomic E-state index is -4.41. The quantitative estimate of drug-likeness (QED) is 0.833. The van der Waals surface area contributed by atoms with Gasteiger partial charge in [-0.05, 0) is 24.6 Å². The third-order valence-electron chi connectivity index (χ3n) is 2.61. The molecule has 0 aliphatic heterocycles. The van der Waals surface area contributed by atoms with Crippen molar-refractivity contribution >= 4 is 11.8 Å². The number of nitrogens with two attached hydrogens (primary N) is 2. The Labute approximate surface area is 107 Å². The van der Waals surface area contributed by atoms with Gasteiger partial charge in [0.1, 0.15) is 5.82 Å². The van der Waals surface area contributed by atoms with Gasteiger partial charge in [0.2, 0.25) is 5.95 Å². The molecule has 2 aromatic rings. The first-order chi connectivity index (χ1) is 8.79. The fraction of sp³-hybridized carbons (Fsp3) is 0.167. The van der Waals surface area contributed by atoms with E-state index >= 15 is 0 Å². The van der Waals surface area contributed by atoms with Crippen LogP contribution in [0.2, 0.25) is 0 Å². The van der Waals surface area contributed by atoms with Crippen LogP contribution in [0.1, 0.15) is 11.3 Å². The lowest BCUT2D eigenvalue weighted by Gasteiger charge is -2.12. The van der Waals surface area contributed by atoms with Crippen molar-refractivity contribution in [2.45, 2.75) is 13.1 Å². The molecule has 4 N–H and O–H groups in total. The first-order valence-electron chi connectivity index (χ1n) is 5.36. The Hall–Kier alpha value is -2.31. The van der Waals surface area contributed by atoms with Crippen LogP contribution in [-0.4, -0.2) is 9.97 Å². The molecule has 0 unspecified atom stereocenters. The van der Waals surface area contributed by atoms with Gasteiger partial charge >= 0.3 is 6.18 Å². The number of hydrogen-bond acceptors (Lipinski definition) is 4. The largest absolute Gasteiger partial charge is 0.416 e. The minimum Gasteiger partial charge on any atom is -0.383 e. The fourth-order valence-electron chi connectivity index (χ4n) is 1.83. The van der Waals surface area contributed by atoms with E-state index in [9.17, 15) is 13.2 Å². The molecule has 2 rings (SSSR count). The van der Waals surface area contributed by atoms with Crippen LogP contribution in [0.5, 0.6) is 0 Å². The van der Waals surface area contributed by atoms with Crippen molar-refractivity contribution in [1.82, 2.24) is 9.97 Å². The number of aryl methyl sites for hydroxylation is 1. The van der Waals surface area contributed by atoms with E-state index in [0.29, 0.717) is 16.8 Å². The van der Waals surface area contributed by atoms with E-state index in [1.165, 1.54) is 12.1 Å². The number of benzene rings is 1. The Morgan fingerprint density at radius 3 is 2.37 bits per heavy atom. The second kappa shape index (κ2) is 4.42. The second-order valence-electron chi connectivity index (χ2n) is 4.01. The smallest absolute Gasteiger partial charge is 0.383 e. The molecule has 1 heterocycles. The summed E-state index contributed by atoms with van der Waals surface area (Å²) in [6.07, 6.45) is -4.41. The Kier molecular flexibility index (Phi) is 3.05.